The fourth-order valence-corrected chi connectivity index (χ4v) is 2.06. The Morgan fingerprint density at radius 2 is 1.67 bits per heavy atom. The van der Waals surface area contributed by atoms with E-state index in [2.05, 4.69) is 5.32 Å². The summed E-state index contributed by atoms with van der Waals surface area (Å²) in [4.78, 5) is 11.9. The minimum atomic E-state index is -0.471. The van der Waals surface area contributed by atoms with E-state index in [1.165, 1.54) is 5.56 Å². The van der Waals surface area contributed by atoms with Crippen molar-refractivity contribution >= 4 is 6.09 Å². The molecule has 110 valence electrons. The van der Waals surface area contributed by atoms with Crippen molar-refractivity contribution in [1.82, 2.24) is 5.32 Å². The molecule has 1 N–H and O–H groups in total. The van der Waals surface area contributed by atoms with Gasteiger partial charge in [-0.15, -0.1) is 0 Å². The molecule has 0 saturated heterocycles. The molecule has 0 aliphatic heterocycles. The molecule has 0 saturated carbocycles. The smallest absolute Gasteiger partial charge is 0.408 e. The van der Waals surface area contributed by atoms with Crippen molar-refractivity contribution in [3.05, 3.63) is 71.3 Å². The molecule has 0 fully saturated rings. The Kier molecular flexibility index (Phi) is 4.63. The molecule has 2 rings (SSSR count). The minimum Gasteiger partial charge on any atom is -0.445 e. The van der Waals surface area contributed by atoms with Crippen LogP contribution in [0.4, 0.5) is 4.79 Å². The third kappa shape index (κ3) is 4.35. The maximum absolute atomic E-state index is 11.9. The molecule has 0 heterocycles. The van der Waals surface area contributed by atoms with Crippen LogP contribution in [0.15, 0.2) is 54.6 Å². The molecule has 2 aromatic rings. The summed E-state index contributed by atoms with van der Waals surface area (Å²) in [7, 11) is 0. The predicted molar refractivity (Wildman–Crippen MR) is 84.0 cm³/mol. The summed E-state index contributed by atoms with van der Waals surface area (Å²) >= 11 is 0. The van der Waals surface area contributed by atoms with Crippen molar-refractivity contribution in [3.8, 4) is 0 Å². The monoisotopic (exact) mass is 283 g/mol. The van der Waals surface area contributed by atoms with Gasteiger partial charge >= 0.3 is 6.09 Å². The highest BCUT2D eigenvalue weighted by Crippen LogP contribution is 2.20. The summed E-state index contributed by atoms with van der Waals surface area (Å²) in [6.07, 6.45) is -0.413. The van der Waals surface area contributed by atoms with Gasteiger partial charge in [0.1, 0.15) is 6.61 Å². The molecule has 2 aromatic carbocycles. The summed E-state index contributed by atoms with van der Waals surface area (Å²) in [5.41, 5.74) is 2.74. The zero-order valence-corrected chi connectivity index (χ0v) is 12.7. The fourth-order valence-electron chi connectivity index (χ4n) is 2.06. The van der Waals surface area contributed by atoms with Crippen LogP contribution in [0.1, 0.15) is 30.5 Å². The number of carbonyl (C=O) groups excluding carboxylic acids is 1. The number of hydrogen-bond acceptors (Lipinski definition) is 2. The molecule has 0 radical (unpaired) electrons. The van der Waals surface area contributed by atoms with Crippen molar-refractivity contribution < 1.29 is 9.53 Å². The third-order valence-corrected chi connectivity index (χ3v) is 3.40. The molecule has 3 nitrogen and oxygen atoms in total. The average molecular weight is 283 g/mol. The molecule has 3 heteroatoms. The Labute approximate surface area is 126 Å². The molecular weight excluding hydrogens is 262 g/mol. The number of ether oxygens (including phenoxy) is 1. The molecule has 0 aliphatic rings. The zero-order valence-electron chi connectivity index (χ0n) is 12.7. The average Bonchev–Trinajstić information content (AvgIpc) is 2.46. The molecule has 0 unspecified atom stereocenters. The first-order valence-electron chi connectivity index (χ1n) is 7.03. The zero-order chi connectivity index (χ0) is 15.3. The number of amides is 1. The van der Waals surface area contributed by atoms with Crippen molar-refractivity contribution in [2.24, 2.45) is 0 Å². The summed E-state index contributed by atoms with van der Waals surface area (Å²) in [5.74, 6) is 0. The number of nitrogens with one attached hydrogen (secondary N) is 1. The van der Waals surface area contributed by atoms with Gasteiger partial charge in [-0.2, -0.15) is 0 Å². The molecular formula is C18H21NO2. The van der Waals surface area contributed by atoms with Gasteiger partial charge < -0.3 is 10.1 Å². The second-order valence-corrected chi connectivity index (χ2v) is 5.68. The molecule has 0 atom stereocenters. The summed E-state index contributed by atoms with van der Waals surface area (Å²) in [6.45, 7) is 6.23. The molecule has 0 aliphatic carbocycles. The van der Waals surface area contributed by atoms with Crippen molar-refractivity contribution in [2.45, 2.75) is 32.9 Å². The molecule has 0 bridgehead atoms. The van der Waals surface area contributed by atoms with E-state index in [0.29, 0.717) is 0 Å². The van der Waals surface area contributed by atoms with E-state index in [4.69, 9.17) is 4.74 Å². The van der Waals surface area contributed by atoms with E-state index in [1.54, 1.807) is 0 Å². The van der Waals surface area contributed by atoms with Gasteiger partial charge in [0, 0.05) is 0 Å². The molecule has 0 spiro atoms. The van der Waals surface area contributed by atoms with Crippen LogP contribution in [-0.2, 0) is 16.9 Å². The standard InChI is InChI=1S/C18H21NO2/c1-14-9-11-16(12-10-14)18(2,3)19-17(20)21-13-15-7-5-4-6-8-15/h4-12H,13H2,1-3H3,(H,19,20). The maximum Gasteiger partial charge on any atom is 0.408 e. The third-order valence-electron chi connectivity index (χ3n) is 3.40. The topological polar surface area (TPSA) is 38.3 Å². The molecule has 0 aromatic heterocycles. The minimum absolute atomic E-state index is 0.274. The largest absolute Gasteiger partial charge is 0.445 e. The second-order valence-electron chi connectivity index (χ2n) is 5.68. The second kappa shape index (κ2) is 6.44. The van der Waals surface area contributed by atoms with Crippen molar-refractivity contribution in [3.63, 3.8) is 0 Å². The van der Waals surface area contributed by atoms with E-state index < -0.39 is 11.6 Å². The number of alkyl carbamates (subject to hydrolysis) is 1. The maximum atomic E-state index is 11.9. The van der Waals surface area contributed by atoms with Gasteiger partial charge in [-0.25, -0.2) is 4.79 Å². The number of benzene rings is 2. The number of carbonyl (C=O) groups is 1. The van der Waals surface area contributed by atoms with Crippen LogP contribution in [0.25, 0.3) is 0 Å². The van der Waals surface area contributed by atoms with Crippen LogP contribution >= 0.6 is 0 Å². The van der Waals surface area contributed by atoms with Gasteiger partial charge in [0.15, 0.2) is 0 Å². The van der Waals surface area contributed by atoms with Gasteiger partial charge in [-0.1, -0.05) is 60.2 Å². The first kappa shape index (κ1) is 15.1. The van der Waals surface area contributed by atoms with E-state index in [1.807, 2.05) is 75.4 Å². The van der Waals surface area contributed by atoms with Crippen LogP contribution in [-0.4, -0.2) is 6.09 Å². The SMILES string of the molecule is Cc1ccc(C(C)(C)NC(=O)OCc2ccccc2)cc1. The fraction of sp³-hybridized carbons (Fsp3) is 0.278. The Morgan fingerprint density at radius 3 is 2.29 bits per heavy atom. The normalized spacial score (nSPS) is 11.0. The summed E-state index contributed by atoms with van der Waals surface area (Å²) in [6, 6.07) is 17.8. The van der Waals surface area contributed by atoms with Crippen LogP contribution in [0.3, 0.4) is 0 Å². The Morgan fingerprint density at radius 1 is 1.05 bits per heavy atom. The Bertz CT molecular complexity index is 588. The quantitative estimate of drug-likeness (QED) is 0.915. The van der Waals surface area contributed by atoms with Crippen LogP contribution < -0.4 is 5.32 Å². The van der Waals surface area contributed by atoms with E-state index in [-0.39, 0.29) is 6.61 Å². The lowest BCUT2D eigenvalue weighted by Gasteiger charge is -2.26. The number of aryl methyl sites for hydroxylation is 1. The summed E-state index contributed by atoms with van der Waals surface area (Å²) in [5, 5.41) is 2.90. The first-order valence-corrected chi connectivity index (χ1v) is 7.03. The van der Waals surface area contributed by atoms with Crippen LogP contribution in [0, 0.1) is 6.92 Å². The van der Waals surface area contributed by atoms with Gasteiger partial charge in [0.2, 0.25) is 0 Å². The van der Waals surface area contributed by atoms with Gasteiger partial charge in [0.25, 0.3) is 0 Å². The highest BCUT2D eigenvalue weighted by Gasteiger charge is 2.23. The molecule has 1 amide bonds. The predicted octanol–water partition coefficient (Wildman–Crippen LogP) is 4.16. The lowest BCUT2D eigenvalue weighted by Crippen LogP contribution is -2.41. The van der Waals surface area contributed by atoms with E-state index in [9.17, 15) is 4.79 Å². The van der Waals surface area contributed by atoms with Crippen molar-refractivity contribution in [1.29, 1.82) is 0 Å². The molecule has 21 heavy (non-hydrogen) atoms. The van der Waals surface area contributed by atoms with Gasteiger partial charge in [-0.05, 0) is 31.9 Å². The van der Waals surface area contributed by atoms with Crippen LogP contribution in [0.2, 0.25) is 0 Å². The highest BCUT2D eigenvalue weighted by atomic mass is 16.5. The Hall–Kier alpha value is -2.29. The van der Waals surface area contributed by atoms with E-state index >= 15 is 0 Å². The van der Waals surface area contributed by atoms with Gasteiger partial charge in [0.05, 0.1) is 5.54 Å². The Balaban J connectivity index is 1.93. The summed E-state index contributed by atoms with van der Waals surface area (Å²) < 4.78 is 5.26. The lowest BCUT2D eigenvalue weighted by atomic mass is 9.94. The highest BCUT2D eigenvalue weighted by molar-refractivity contribution is 5.68. The van der Waals surface area contributed by atoms with Gasteiger partial charge in [-0.3, -0.25) is 0 Å². The number of rotatable bonds is 4. The van der Waals surface area contributed by atoms with Crippen molar-refractivity contribution in [2.75, 3.05) is 0 Å². The van der Waals surface area contributed by atoms with Crippen LogP contribution in [0.5, 0.6) is 0 Å². The first-order chi connectivity index (χ1) is 9.97. The van der Waals surface area contributed by atoms with E-state index in [0.717, 1.165) is 11.1 Å². The number of hydrogen-bond donors (Lipinski definition) is 1. The lowest BCUT2D eigenvalue weighted by molar-refractivity contribution is 0.129.